The van der Waals surface area contributed by atoms with Gasteiger partial charge in [-0.25, -0.2) is 4.68 Å². The van der Waals surface area contributed by atoms with Gasteiger partial charge in [0, 0.05) is 31.2 Å². The molecule has 2 saturated heterocycles. The first kappa shape index (κ1) is 15.7. The molecule has 1 aromatic heterocycles. The third-order valence-electron chi connectivity index (χ3n) is 4.97. The van der Waals surface area contributed by atoms with Gasteiger partial charge in [-0.1, -0.05) is 12.1 Å². The van der Waals surface area contributed by atoms with Crippen LogP contribution in [0.4, 0.5) is 0 Å². The van der Waals surface area contributed by atoms with Crippen molar-refractivity contribution < 1.29 is 14.3 Å². The summed E-state index contributed by atoms with van der Waals surface area (Å²) >= 11 is 0. The molecule has 2 amide bonds. The summed E-state index contributed by atoms with van der Waals surface area (Å²) in [6.45, 7) is 0.529. The van der Waals surface area contributed by atoms with Gasteiger partial charge in [-0.3, -0.25) is 9.59 Å². The SMILES string of the molecule is COc1ccccc1-n1cc(C(=O)N2[C@@H]3CC[C@H]2CNC(=O)C3)cn1. The number of nitrogens with one attached hydrogen (secondary N) is 1. The van der Waals surface area contributed by atoms with E-state index < -0.39 is 0 Å². The lowest BCUT2D eigenvalue weighted by Crippen LogP contribution is -2.42. The molecular weight excluding hydrogens is 320 g/mol. The van der Waals surface area contributed by atoms with Gasteiger partial charge in [0.1, 0.15) is 11.4 Å². The highest BCUT2D eigenvalue weighted by atomic mass is 16.5. The van der Waals surface area contributed by atoms with Crippen molar-refractivity contribution in [2.24, 2.45) is 0 Å². The van der Waals surface area contributed by atoms with Gasteiger partial charge in [0.05, 0.1) is 18.9 Å². The van der Waals surface area contributed by atoms with Gasteiger partial charge >= 0.3 is 0 Å². The summed E-state index contributed by atoms with van der Waals surface area (Å²) in [4.78, 5) is 26.6. The van der Waals surface area contributed by atoms with Gasteiger partial charge in [0.15, 0.2) is 0 Å². The number of hydrogen-bond acceptors (Lipinski definition) is 4. The van der Waals surface area contributed by atoms with E-state index in [0.29, 0.717) is 24.3 Å². The summed E-state index contributed by atoms with van der Waals surface area (Å²) in [5.74, 6) is 0.647. The second kappa shape index (κ2) is 6.23. The molecule has 3 heterocycles. The number of para-hydroxylation sites is 2. The van der Waals surface area contributed by atoms with E-state index in [1.807, 2.05) is 29.2 Å². The number of amides is 2. The zero-order chi connectivity index (χ0) is 17.4. The standard InChI is InChI=1S/C18H20N4O3/c1-25-16-5-3-2-4-15(16)21-11-12(9-20-21)18(24)22-13-6-7-14(22)10-19-17(23)8-13/h2-5,9,11,13-14H,6-8,10H2,1H3,(H,19,23)/t13-,14+/m1/s1. The van der Waals surface area contributed by atoms with Crippen LogP contribution in [-0.4, -0.2) is 52.2 Å². The van der Waals surface area contributed by atoms with E-state index in [0.717, 1.165) is 18.5 Å². The molecule has 2 aliphatic heterocycles. The van der Waals surface area contributed by atoms with Crippen molar-refractivity contribution in [3.05, 3.63) is 42.2 Å². The Balaban J connectivity index is 1.62. The molecule has 7 nitrogen and oxygen atoms in total. The van der Waals surface area contributed by atoms with Crippen LogP contribution in [0.3, 0.4) is 0 Å². The maximum Gasteiger partial charge on any atom is 0.257 e. The Hall–Kier alpha value is -2.83. The molecule has 4 rings (SSSR count). The Morgan fingerprint density at radius 2 is 2.08 bits per heavy atom. The number of carbonyl (C=O) groups is 2. The molecule has 130 valence electrons. The summed E-state index contributed by atoms with van der Waals surface area (Å²) in [7, 11) is 1.60. The molecule has 2 aliphatic rings. The van der Waals surface area contributed by atoms with Crippen LogP contribution >= 0.6 is 0 Å². The molecule has 1 N–H and O–H groups in total. The largest absolute Gasteiger partial charge is 0.494 e. The normalized spacial score (nSPS) is 22.4. The lowest BCUT2D eigenvalue weighted by Gasteiger charge is -2.26. The number of fused-ring (bicyclic) bond motifs is 2. The first-order chi connectivity index (χ1) is 12.2. The second-order valence-corrected chi connectivity index (χ2v) is 6.45. The number of rotatable bonds is 3. The molecule has 0 aliphatic carbocycles. The summed E-state index contributed by atoms with van der Waals surface area (Å²) in [6, 6.07) is 7.57. The smallest absolute Gasteiger partial charge is 0.257 e. The van der Waals surface area contributed by atoms with Gasteiger partial charge in [-0.2, -0.15) is 5.10 Å². The lowest BCUT2D eigenvalue weighted by atomic mass is 10.1. The highest BCUT2D eigenvalue weighted by Gasteiger charge is 2.40. The van der Waals surface area contributed by atoms with Crippen LogP contribution in [0.2, 0.25) is 0 Å². The quantitative estimate of drug-likeness (QED) is 0.916. The van der Waals surface area contributed by atoms with Gasteiger partial charge in [-0.15, -0.1) is 0 Å². The van der Waals surface area contributed by atoms with Crippen LogP contribution in [-0.2, 0) is 4.79 Å². The molecule has 2 aromatic rings. The number of carbonyl (C=O) groups excluding carboxylic acids is 2. The molecule has 0 unspecified atom stereocenters. The van der Waals surface area contributed by atoms with E-state index >= 15 is 0 Å². The molecule has 0 saturated carbocycles. The van der Waals surface area contributed by atoms with E-state index in [4.69, 9.17) is 4.74 Å². The molecule has 1 aromatic carbocycles. The molecule has 0 spiro atoms. The second-order valence-electron chi connectivity index (χ2n) is 6.45. The fourth-order valence-electron chi connectivity index (χ4n) is 3.74. The number of benzene rings is 1. The highest BCUT2D eigenvalue weighted by molar-refractivity contribution is 5.95. The lowest BCUT2D eigenvalue weighted by molar-refractivity contribution is -0.121. The minimum atomic E-state index is -0.0647. The Kier molecular flexibility index (Phi) is 3.91. The van der Waals surface area contributed by atoms with Crippen molar-refractivity contribution >= 4 is 11.8 Å². The topological polar surface area (TPSA) is 76.5 Å². The van der Waals surface area contributed by atoms with Gasteiger partial charge in [0.2, 0.25) is 5.91 Å². The Morgan fingerprint density at radius 1 is 1.28 bits per heavy atom. The maximum atomic E-state index is 13.0. The monoisotopic (exact) mass is 340 g/mol. The number of ether oxygens (including phenoxy) is 1. The van der Waals surface area contributed by atoms with Crippen LogP contribution in [0, 0.1) is 0 Å². The summed E-state index contributed by atoms with van der Waals surface area (Å²) in [6.07, 6.45) is 5.48. The Labute approximate surface area is 145 Å². The van der Waals surface area contributed by atoms with Crippen LogP contribution in [0.1, 0.15) is 29.6 Å². The first-order valence-electron chi connectivity index (χ1n) is 8.45. The molecule has 7 heteroatoms. The van der Waals surface area contributed by atoms with Crippen molar-refractivity contribution in [3.8, 4) is 11.4 Å². The number of aromatic nitrogens is 2. The van der Waals surface area contributed by atoms with E-state index in [1.54, 1.807) is 24.2 Å². The van der Waals surface area contributed by atoms with E-state index in [2.05, 4.69) is 10.4 Å². The minimum absolute atomic E-state index is 0.0189. The summed E-state index contributed by atoms with van der Waals surface area (Å²) in [5, 5.41) is 7.21. The molecule has 2 fully saturated rings. The van der Waals surface area contributed by atoms with Crippen LogP contribution < -0.4 is 10.1 Å². The summed E-state index contributed by atoms with van der Waals surface area (Å²) < 4.78 is 7.00. The first-order valence-corrected chi connectivity index (χ1v) is 8.45. The Morgan fingerprint density at radius 3 is 2.92 bits per heavy atom. The number of methoxy groups -OCH3 is 1. The minimum Gasteiger partial charge on any atom is -0.494 e. The van der Waals surface area contributed by atoms with Crippen molar-refractivity contribution in [3.63, 3.8) is 0 Å². The predicted octanol–water partition coefficient (Wildman–Crippen LogP) is 1.37. The zero-order valence-electron chi connectivity index (χ0n) is 14.0. The van der Waals surface area contributed by atoms with Gasteiger partial charge in [0.25, 0.3) is 5.91 Å². The third-order valence-corrected chi connectivity index (χ3v) is 4.97. The van der Waals surface area contributed by atoms with Crippen LogP contribution in [0.25, 0.3) is 5.69 Å². The zero-order valence-corrected chi connectivity index (χ0v) is 14.0. The van der Waals surface area contributed by atoms with Crippen molar-refractivity contribution in [2.75, 3.05) is 13.7 Å². The van der Waals surface area contributed by atoms with E-state index in [1.165, 1.54) is 0 Å². The van der Waals surface area contributed by atoms with Gasteiger partial charge in [-0.05, 0) is 25.0 Å². The highest BCUT2D eigenvalue weighted by Crippen LogP contribution is 2.30. The average Bonchev–Trinajstić information content (AvgIpc) is 3.22. The van der Waals surface area contributed by atoms with Crippen LogP contribution in [0.5, 0.6) is 5.75 Å². The maximum absolute atomic E-state index is 13.0. The van der Waals surface area contributed by atoms with Crippen molar-refractivity contribution in [2.45, 2.75) is 31.3 Å². The van der Waals surface area contributed by atoms with E-state index in [-0.39, 0.29) is 23.9 Å². The Bertz CT molecular complexity index is 816. The molecule has 2 atom stereocenters. The predicted molar refractivity (Wildman–Crippen MR) is 90.7 cm³/mol. The molecule has 0 radical (unpaired) electrons. The number of hydrogen-bond donors (Lipinski definition) is 1. The summed E-state index contributed by atoms with van der Waals surface area (Å²) in [5.41, 5.74) is 1.30. The van der Waals surface area contributed by atoms with E-state index in [9.17, 15) is 9.59 Å². The molecule has 25 heavy (non-hydrogen) atoms. The number of nitrogens with zero attached hydrogens (tertiary/aromatic N) is 3. The van der Waals surface area contributed by atoms with Crippen molar-refractivity contribution in [1.82, 2.24) is 20.0 Å². The fourth-order valence-corrected chi connectivity index (χ4v) is 3.74. The van der Waals surface area contributed by atoms with Gasteiger partial charge < -0.3 is 15.0 Å². The molecular formula is C18H20N4O3. The van der Waals surface area contributed by atoms with Crippen molar-refractivity contribution in [1.29, 1.82) is 0 Å². The fraction of sp³-hybridized carbons (Fsp3) is 0.389. The van der Waals surface area contributed by atoms with Crippen LogP contribution in [0.15, 0.2) is 36.7 Å². The molecule has 2 bridgehead atoms. The third kappa shape index (κ3) is 2.75. The average molecular weight is 340 g/mol.